The number of benzene rings is 1. The van der Waals surface area contributed by atoms with Gasteiger partial charge in [0.25, 0.3) is 5.91 Å². The molecule has 0 aliphatic heterocycles. The van der Waals surface area contributed by atoms with E-state index in [1.807, 2.05) is 12.1 Å². The molecule has 0 bridgehead atoms. The summed E-state index contributed by atoms with van der Waals surface area (Å²) in [6.07, 6.45) is 2.67. The third-order valence-electron chi connectivity index (χ3n) is 3.53. The van der Waals surface area contributed by atoms with Crippen molar-refractivity contribution in [3.05, 3.63) is 41.7 Å². The zero-order valence-electron chi connectivity index (χ0n) is 13.2. The van der Waals surface area contributed by atoms with Crippen LogP contribution in [0.5, 0.6) is 0 Å². The normalized spacial score (nSPS) is 14.9. The minimum absolute atomic E-state index is 0.245. The van der Waals surface area contributed by atoms with Crippen LogP contribution in [-0.4, -0.2) is 39.2 Å². The summed E-state index contributed by atoms with van der Waals surface area (Å²) >= 11 is 1.52. The molecule has 24 heavy (non-hydrogen) atoms. The summed E-state index contributed by atoms with van der Waals surface area (Å²) in [7, 11) is 0. The Morgan fingerprint density at radius 3 is 2.75 bits per heavy atom. The van der Waals surface area contributed by atoms with Gasteiger partial charge in [-0.05, 0) is 37.5 Å². The van der Waals surface area contributed by atoms with Crippen LogP contribution in [0.3, 0.4) is 0 Å². The van der Waals surface area contributed by atoms with Crippen molar-refractivity contribution in [3.8, 4) is 0 Å². The van der Waals surface area contributed by atoms with Gasteiger partial charge in [0.1, 0.15) is 6.33 Å². The van der Waals surface area contributed by atoms with Gasteiger partial charge in [-0.3, -0.25) is 9.89 Å². The Kier molecular flexibility index (Phi) is 5.14. The summed E-state index contributed by atoms with van der Waals surface area (Å²) in [5, 5.41) is 10.1. The molecular formula is C16H18N4O3S. The molecule has 7 nitrogen and oxygen atoms in total. The summed E-state index contributed by atoms with van der Waals surface area (Å²) in [4.78, 5) is 27.9. The molecule has 2 aromatic rings. The van der Waals surface area contributed by atoms with E-state index in [4.69, 9.17) is 4.74 Å². The Bertz CT molecular complexity index is 699. The topological polar surface area (TPSA) is 97.0 Å². The standard InChI is InChI=1S/C16H18N4O3S/c1-10(14(21)19-13-6-7-13)23-15(22)12-4-2-11(3-5-12)8-24-16-17-9-18-20-16/h2-5,9-10,13H,6-8H2,1H3,(H,19,21)(H,17,18,20)/t10-/m0/s1. The highest BCUT2D eigenvalue weighted by Gasteiger charge is 2.27. The second kappa shape index (κ2) is 7.48. The average molecular weight is 346 g/mol. The Hall–Kier alpha value is -2.35. The maximum absolute atomic E-state index is 12.1. The molecule has 2 N–H and O–H groups in total. The first-order valence-corrected chi connectivity index (χ1v) is 8.69. The van der Waals surface area contributed by atoms with Crippen LogP contribution in [-0.2, 0) is 15.3 Å². The van der Waals surface area contributed by atoms with Gasteiger partial charge in [0.15, 0.2) is 11.3 Å². The van der Waals surface area contributed by atoms with Crippen molar-refractivity contribution in [2.45, 2.75) is 42.8 Å². The molecule has 0 unspecified atom stereocenters. The van der Waals surface area contributed by atoms with Crippen molar-refractivity contribution in [2.75, 3.05) is 0 Å². The van der Waals surface area contributed by atoms with Crippen molar-refractivity contribution in [2.24, 2.45) is 0 Å². The molecular weight excluding hydrogens is 328 g/mol. The minimum atomic E-state index is -0.792. The Balaban J connectivity index is 1.50. The van der Waals surface area contributed by atoms with Crippen LogP contribution in [0.15, 0.2) is 35.7 Å². The van der Waals surface area contributed by atoms with E-state index in [-0.39, 0.29) is 11.9 Å². The summed E-state index contributed by atoms with van der Waals surface area (Å²) in [6, 6.07) is 7.36. The summed E-state index contributed by atoms with van der Waals surface area (Å²) in [5.41, 5.74) is 1.47. The molecule has 8 heteroatoms. The van der Waals surface area contributed by atoms with E-state index in [9.17, 15) is 9.59 Å². The van der Waals surface area contributed by atoms with Gasteiger partial charge in [-0.15, -0.1) is 0 Å². The van der Waals surface area contributed by atoms with Crippen LogP contribution < -0.4 is 5.32 Å². The number of aromatic amines is 1. The molecule has 0 spiro atoms. The highest BCUT2D eigenvalue weighted by molar-refractivity contribution is 7.98. The van der Waals surface area contributed by atoms with Crippen LogP contribution >= 0.6 is 11.8 Å². The van der Waals surface area contributed by atoms with Gasteiger partial charge in [-0.25, -0.2) is 9.78 Å². The van der Waals surface area contributed by atoms with Crippen LogP contribution in [0, 0.1) is 0 Å². The first-order valence-electron chi connectivity index (χ1n) is 7.70. The van der Waals surface area contributed by atoms with Gasteiger partial charge in [0, 0.05) is 11.8 Å². The number of amides is 1. The second-order valence-electron chi connectivity index (χ2n) is 5.61. The number of hydrogen-bond donors (Lipinski definition) is 2. The number of carbonyl (C=O) groups is 2. The van der Waals surface area contributed by atoms with E-state index in [2.05, 4.69) is 20.5 Å². The van der Waals surface area contributed by atoms with Crippen LogP contribution in [0.4, 0.5) is 0 Å². The van der Waals surface area contributed by atoms with Crippen molar-refractivity contribution in [1.82, 2.24) is 20.5 Å². The van der Waals surface area contributed by atoms with Gasteiger partial charge in [-0.1, -0.05) is 23.9 Å². The molecule has 1 aliphatic rings. The third kappa shape index (κ3) is 4.58. The number of carbonyl (C=O) groups excluding carboxylic acids is 2. The van der Waals surface area contributed by atoms with Gasteiger partial charge in [-0.2, -0.15) is 5.10 Å². The van der Waals surface area contributed by atoms with E-state index in [1.165, 1.54) is 18.1 Å². The number of thioether (sulfide) groups is 1. The fourth-order valence-corrected chi connectivity index (χ4v) is 2.72. The lowest BCUT2D eigenvalue weighted by Gasteiger charge is -2.13. The zero-order chi connectivity index (χ0) is 16.9. The van der Waals surface area contributed by atoms with Crippen LogP contribution in [0.2, 0.25) is 0 Å². The Morgan fingerprint density at radius 1 is 1.38 bits per heavy atom. The lowest BCUT2D eigenvalue weighted by Crippen LogP contribution is -2.37. The quantitative estimate of drug-likeness (QED) is 0.587. The van der Waals surface area contributed by atoms with Gasteiger partial charge in [0.2, 0.25) is 0 Å². The molecule has 0 saturated heterocycles. The summed E-state index contributed by atoms with van der Waals surface area (Å²) in [6.45, 7) is 1.58. The molecule has 1 aromatic heterocycles. The van der Waals surface area contributed by atoms with E-state index >= 15 is 0 Å². The van der Waals surface area contributed by atoms with E-state index < -0.39 is 12.1 Å². The maximum Gasteiger partial charge on any atom is 0.338 e. The van der Waals surface area contributed by atoms with Crippen molar-refractivity contribution in [3.63, 3.8) is 0 Å². The van der Waals surface area contributed by atoms with Gasteiger partial charge >= 0.3 is 5.97 Å². The molecule has 0 radical (unpaired) electrons. The number of rotatable bonds is 7. The summed E-state index contributed by atoms with van der Waals surface area (Å²) < 4.78 is 5.21. The number of ether oxygens (including phenoxy) is 1. The summed E-state index contributed by atoms with van der Waals surface area (Å²) in [5.74, 6) is -0.0288. The number of nitrogens with one attached hydrogen (secondary N) is 2. The SMILES string of the molecule is C[C@H](OC(=O)c1ccc(CSc2ncn[nH]2)cc1)C(=O)NC1CC1. The van der Waals surface area contributed by atoms with Crippen molar-refractivity contribution < 1.29 is 14.3 Å². The predicted molar refractivity (Wildman–Crippen MR) is 88.4 cm³/mol. The number of aromatic nitrogens is 3. The fourth-order valence-electron chi connectivity index (χ4n) is 1.98. The Labute approximate surface area is 143 Å². The van der Waals surface area contributed by atoms with Crippen molar-refractivity contribution >= 4 is 23.6 Å². The first-order chi connectivity index (χ1) is 11.6. The molecule has 126 valence electrons. The molecule has 1 atom stereocenters. The van der Waals surface area contributed by atoms with Crippen LogP contribution in [0.25, 0.3) is 0 Å². The second-order valence-corrected chi connectivity index (χ2v) is 6.57. The molecule has 1 fully saturated rings. The molecule has 1 heterocycles. The average Bonchev–Trinajstić information content (AvgIpc) is 3.24. The fraction of sp³-hybridized carbons (Fsp3) is 0.375. The lowest BCUT2D eigenvalue weighted by molar-refractivity contribution is -0.129. The van der Waals surface area contributed by atoms with E-state index in [0.717, 1.165) is 23.6 Å². The van der Waals surface area contributed by atoms with Gasteiger partial charge in [0.05, 0.1) is 5.56 Å². The van der Waals surface area contributed by atoms with E-state index in [0.29, 0.717) is 11.3 Å². The minimum Gasteiger partial charge on any atom is -0.449 e. The smallest absolute Gasteiger partial charge is 0.338 e. The van der Waals surface area contributed by atoms with Crippen molar-refractivity contribution in [1.29, 1.82) is 0 Å². The molecule has 1 amide bonds. The molecule has 1 aromatic carbocycles. The van der Waals surface area contributed by atoms with E-state index in [1.54, 1.807) is 19.1 Å². The first kappa shape index (κ1) is 16.5. The number of hydrogen-bond acceptors (Lipinski definition) is 6. The number of nitrogens with zero attached hydrogens (tertiary/aromatic N) is 2. The lowest BCUT2D eigenvalue weighted by atomic mass is 10.1. The molecule has 1 aliphatic carbocycles. The molecule has 3 rings (SSSR count). The Morgan fingerprint density at radius 2 is 2.12 bits per heavy atom. The highest BCUT2D eigenvalue weighted by atomic mass is 32.2. The monoisotopic (exact) mass is 346 g/mol. The number of esters is 1. The maximum atomic E-state index is 12.1. The highest BCUT2D eigenvalue weighted by Crippen LogP contribution is 2.20. The molecule has 1 saturated carbocycles. The van der Waals surface area contributed by atoms with Crippen LogP contribution in [0.1, 0.15) is 35.7 Å². The largest absolute Gasteiger partial charge is 0.449 e. The number of H-pyrrole nitrogens is 1. The predicted octanol–water partition coefficient (Wildman–Crippen LogP) is 1.92. The van der Waals surface area contributed by atoms with Gasteiger partial charge < -0.3 is 10.1 Å². The zero-order valence-corrected chi connectivity index (χ0v) is 14.0. The third-order valence-corrected chi connectivity index (χ3v) is 4.48.